The summed E-state index contributed by atoms with van der Waals surface area (Å²) in [5.74, 6) is 0.368. The van der Waals surface area contributed by atoms with Crippen LogP contribution in [-0.2, 0) is 9.59 Å². The number of carbonyl (C=O) groups is 3. The van der Waals surface area contributed by atoms with Gasteiger partial charge in [0.2, 0.25) is 11.8 Å². The van der Waals surface area contributed by atoms with Gasteiger partial charge in [0.05, 0.1) is 0 Å². The molecule has 2 aliphatic rings. The van der Waals surface area contributed by atoms with Crippen molar-refractivity contribution in [2.75, 3.05) is 17.2 Å². The van der Waals surface area contributed by atoms with Crippen LogP contribution in [0, 0.1) is 17.8 Å². The lowest BCUT2D eigenvalue weighted by atomic mass is 9.88. The highest BCUT2D eigenvalue weighted by molar-refractivity contribution is 6.01. The van der Waals surface area contributed by atoms with Crippen LogP contribution in [-0.4, -0.2) is 24.3 Å². The highest BCUT2D eigenvalue weighted by atomic mass is 16.2. The summed E-state index contributed by atoms with van der Waals surface area (Å²) < 4.78 is 0. The van der Waals surface area contributed by atoms with Crippen molar-refractivity contribution in [2.45, 2.75) is 84.5 Å². The van der Waals surface area contributed by atoms with Gasteiger partial charge in [0, 0.05) is 35.3 Å². The summed E-state index contributed by atoms with van der Waals surface area (Å²) in [6, 6.07) is 5.19. The van der Waals surface area contributed by atoms with E-state index in [2.05, 4.69) is 29.8 Å². The van der Waals surface area contributed by atoms with Crippen LogP contribution in [0.15, 0.2) is 18.2 Å². The minimum Gasteiger partial charge on any atom is -0.352 e. The Balaban J connectivity index is 1.74. The molecule has 0 unspecified atom stereocenters. The second-order valence-corrected chi connectivity index (χ2v) is 9.89. The van der Waals surface area contributed by atoms with Gasteiger partial charge in [0.1, 0.15) is 0 Å². The summed E-state index contributed by atoms with van der Waals surface area (Å²) in [6.07, 6.45) is 11.2. The zero-order valence-corrected chi connectivity index (χ0v) is 19.7. The van der Waals surface area contributed by atoms with Crippen LogP contribution >= 0.6 is 0 Å². The van der Waals surface area contributed by atoms with E-state index in [0.29, 0.717) is 29.4 Å². The van der Waals surface area contributed by atoms with Crippen LogP contribution in [0.4, 0.5) is 11.4 Å². The van der Waals surface area contributed by atoms with Gasteiger partial charge in [-0.05, 0) is 56.2 Å². The van der Waals surface area contributed by atoms with Crippen LogP contribution in [0.25, 0.3) is 0 Å². The Morgan fingerprint density at radius 2 is 1.25 bits per heavy atom. The molecule has 3 amide bonds. The molecular formula is C26H39N3O3. The number of nitrogens with one attached hydrogen (secondary N) is 3. The first-order valence-corrected chi connectivity index (χ1v) is 12.5. The third kappa shape index (κ3) is 7.35. The Labute approximate surface area is 192 Å². The van der Waals surface area contributed by atoms with Crippen molar-refractivity contribution in [1.29, 1.82) is 0 Å². The molecule has 0 aliphatic heterocycles. The maximum absolute atomic E-state index is 12.8. The van der Waals surface area contributed by atoms with Crippen LogP contribution in [0.5, 0.6) is 0 Å². The lowest BCUT2D eigenvalue weighted by Crippen LogP contribution is -2.28. The number of anilines is 2. The SMILES string of the molecule is CC(C)CCNC(=O)c1cc(NC(=O)C2CCCCC2)cc(NC(=O)C2CCCCC2)c1. The standard InChI is InChI=1S/C26H39N3O3/c1-18(2)13-14-27-24(30)21-15-22(28-25(31)19-9-5-3-6-10-19)17-23(16-21)29-26(32)20-11-7-4-8-12-20/h15-20H,3-14H2,1-2H3,(H,27,30)(H,28,31)(H,29,32). The summed E-state index contributed by atoms with van der Waals surface area (Å²) >= 11 is 0. The first kappa shape index (κ1) is 24.3. The predicted molar refractivity (Wildman–Crippen MR) is 129 cm³/mol. The Bertz CT molecular complexity index is 743. The molecule has 1 aromatic rings. The average Bonchev–Trinajstić information content (AvgIpc) is 2.79. The zero-order chi connectivity index (χ0) is 22.9. The summed E-state index contributed by atoms with van der Waals surface area (Å²) in [4.78, 5) is 38.3. The van der Waals surface area contributed by atoms with Crippen molar-refractivity contribution in [3.63, 3.8) is 0 Å². The van der Waals surface area contributed by atoms with Gasteiger partial charge < -0.3 is 16.0 Å². The number of benzene rings is 1. The van der Waals surface area contributed by atoms with E-state index in [1.165, 1.54) is 12.8 Å². The molecule has 0 atom stereocenters. The molecular weight excluding hydrogens is 402 g/mol. The van der Waals surface area contributed by atoms with E-state index < -0.39 is 0 Å². The van der Waals surface area contributed by atoms with Gasteiger partial charge in [-0.3, -0.25) is 14.4 Å². The molecule has 176 valence electrons. The molecule has 3 N–H and O–H groups in total. The number of rotatable bonds is 8. The van der Waals surface area contributed by atoms with E-state index in [9.17, 15) is 14.4 Å². The van der Waals surface area contributed by atoms with Crippen molar-refractivity contribution in [3.8, 4) is 0 Å². The molecule has 6 heteroatoms. The summed E-state index contributed by atoms with van der Waals surface area (Å²) in [5, 5.41) is 8.96. The second kappa shape index (κ2) is 12.0. The molecule has 32 heavy (non-hydrogen) atoms. The number of hydrogen-bond donors (Lipinski definition) is 3. The van der Waals surface area contributed by atoms with Crippen molar-refractivity contribution >= 4 is 29.1 Å². The van der Waals surface area contributed by atoms with Crippen molar-refractivity contribution < 1.29 is 14.4 Å². The Morgan fingerprint density at radius 1 is 0.781 bits per heavy atom. The quantitative estimate of drug-likeness (QED) is 0.498. The molecule has 0 aromatic heterocycles. The molecule has 2 fully saturated rings. The Hall–Kier alpha value is -2.37. The minimum atomic E-state index is -0.187. The van der Waals surface area contributed by atoms with Gasteiger partial charge in [0.15, 0.2) is 0 Å². The van der Waals surface area contributed by atoms with E-state index in [-0.39, 0.29) is 29.6 Å². The van der Waals surface area contributed by atoms with Crippen molar-refractivity contribution in [1.82, 2.24) is 5.32 Å². The topological polar surface area (TPSA) is 87.3 Å². The van der Waals surface area contributed by atoms with Gasteiger partial charge in [-0.15, -0.1) is 0 Å². The van der Waals surface area contributed by atoms with Gasteiger partial charge in [0.25, 0.3) is 5.91 Å². The van der Waals surface area contributed by atoms with Gasteiger partial charge in [-0.25, -0.2) is 0 Å². The maximum atomic E-state index is 12.8. The maximum Gasteiger partial charge on any atom is 0.251 e. The molecule has 0 heterocycles. The molecule has 0 bridgehead atoms. The first-order valence-electron chi connectivity index (χ1n) is 12.5. The van der Waals surface area contributed by atoms with Gasteiger partial charge in [-0.2, -0.15) is 0 Å². The number of hydrogen-bond acceptors (Lipinski definition) is 3. The molecule has 2 saturated carbocycles. The highest BCUT2D eigenvalue weighted by Gasteiger charge is 2.23. The van der Waals surface area contributed by atoms with Gasteiger partial charge >= 0.3 is 0 Å². The number of amides is 3. The van der Waals surface area contributed by atoms with Gasteiger partial charge in [-0.1, -0.05) is 52.4 Å². The van der Waals surface area contributed by atoms with Crippen LogP contribution < -0.4 is 16.0 Å². The predicted octanol–water partition coefficient (Wildman–Crippen LogP) is 5.50. The molecule has 0 saturated heterocycles. The normalized spacial score (nSPS) is 17.7. The monoisotopic (exact) mass is 441 g/mol. The van der Waals surface area contributed by atoms with E-state index in [4.69, 9.17) is 0 Å². The fourth-order valence-electron chi connectivity index (χ4n) is 4.70. The lowest BCUT2D eigenvalue weighted by Gasteiger charge is -2.22. The largest absolute Gasteiger partial charge is 0.352 e. The molecule has 0 spiro atoms. The van der Waals surface area contributed by atoms with Crippen molar-refractivity contribution in [3.05, 3.63) is 23.8 Å². The van der Waals surface area contributed by atoms with Crippen molar-refractivity contribution in [2.24, 2.45) is 17.8 Å². The van der Waals surface area contributed by atoms with Crippen LogP contribution in [0.3, 0.4) is 0 Å². The third-order valence-corrected chi connectivity index (χ3v) is 6.69. The first-order chi connectivity index (χ1) is 15.4. The third-order valence-electron chi connectivity index (χ3n) is 6.69. The highest BCUT2D eigenvalue weighted by Crippen LogP contribution is 2.28. The molecule has 2 aliphatic carbocycles. The fourth-order valence-corrected chi connectivity index (χ4v) is 4.70. The minimum absolute atomic E-state index is 0.00613. The Morgan fingerprint density at radius 3 is 1.69 bits per heavy atom. The summed E-state index contributed by atoms with van der Waals surface area (Å²) in [5.41, 5.74) is 1.58. The molecule has 6 nitrogen and oxygen atoms in total. The van der Waals surface area contributed by atoms with E-state index >= 15 is 0 Å². The molecule has 0 radical (unpaired) electrons. The molecule has 3 rings (SSSR count). The van der Waals surface area contributed by atoms with Crippen LogP contribution in [0.1, 0.15) is 94.8 Å². The van der Waals surface area contributed by atoms with Crippen LogP contribution in [0.2, 0.25) is 0 Å². The Kier molecular flexibility index (Phi) is 9.12. The average molecular weight is 442 g/mol. The fraction of sp³-hybridized carbons (Fsp3) is 0.654. The zero-order valence-electron chi connectivity index (χ0n) is 19.7. The lowest BCUT2D eigenvalue weighted by molar-refractivity contribution is -0.121. The van der Waals surface area contributed by atoms with E-state index in [1.54, 1.807) is 18.2 Å². The smallest absolute Gasteiger partial charge is 0.251 e. The summed E-state index contributed by atoms with van der Waals surface area (Å²) in [6.45, 7) is 4.83. The number of carbonyl (C=O) groups excluding carboxylic acids is 3. The molecule has 1 aromatic carbocycles. The van der Waals surface area contributed by atoms with E-state index in [0.717, 1.165) is 57.8 Å². The second-order valence-electron chi connectivity index (χ2n) is 9.89. The summed E-state index contributed by atoms with van der Waals surface area (Å²) in [7, 11) is 0. The van der Waals surface area contributed by atoms with E-state index in [1.807, 2.05) is 0 Å².